The zero-order valence-corrected chi connectivity index (χ0v) is 12.9. The monoisotopic (exact) mass is 283 g/mol. The zero-order valence-electron chi connectivity index (χ0n) is 12.9. The molecule has 1 amide bonds. The molecule has 1 unspecified atom stereocenters. The number of morpholine rings is 1. The Morgan fingerprint density at radius 1 is 1.25 bits per heavy atom. The summed E-state index contributed by atoms with van der Waals surface area (Å²) in [5, 5.41) is 3.43. The number of likely N-dealkylation sites (tertiary alicyclic amines) is 1. The Morgan fingerprint density at radius 3 is 2.50 bits per heavy atom. The minimum absolute atomic E-state index is 0.0719. The average molecular weight is 283 g/mol. The maximum Gasteiger partial charge on any atom is 0.239 e. The SMILES string of the molecule is CCN1CCC(CNC(C)C(=O)N2CCOCC2)CC1. The predicted molar refractivity (Wildman–Crippen MR) is 79.7 cm³/mol. The minimum atomic E-state index is -0.0719. The number of nitrogens with zero attached hydrogens (tertiary/aromatic N) is 2. The van der Waals surface area contributed by atoms with Crippen LogP contribution < -0.4 is 5.32 Å². The third kappa shape index (κ3) is 4.43. The topological polar surface area (TPSA) is 44.8 Å². The van der Waals surface area contributed by atoms with Gasteiger partial charge in [-0.2, -0.15) is 0 Å². The molecule has 0 aromatic heterocycles. The lowest BCUT2D eigenvalue weighted by atomic mass is 9.96. The van der Waals surface area contributed by atoms with E-state index in [-0.39, 0.29) is 11.9 Å². The van der Waals surface area contributed by atoms with Crippen LogP contribution in [0.1, 0.15) is 26.7 Å². The molecular weight excluding hydrogens is 254 g/mol. The molecule has 2 saturated heterocycles. The second-order valence-electron chi connectivity index (χ2n) is 5.95. The average Bonchev–Trinajstić information content (AvgIpc) is 2.53. The van der Waals surface area contributed by atoms with Gasteiger partial charge in [0.25, 0.3) is 0 Å². The van der Waals surface area contributed by atoms with E-state index in [2.05, 4.69) is 17.1 Å². The van der Waals surface area contributed by atoms with Gasteiger partial charge in [-0.05, 0) is 51.9 Å². The molecule has 2 rings (SSSR count). The summed E-state index contributed by atoms with van der Waals surface area (Å²) in [6.07, 6.45) is 2.50. The van der Waals surface area contributed by atoms with Crippen LogP contribution in [0, 0.1) is 5.92 Å². The van der Waals surface area contributed by atoms with Crippen molar-refractivity contribution in [1.29, 1.82) is 0 Å². The highest BCUT2D eigenvalue weighted by molar-refractivity contribution is 5.81. The molecule has 2 aliphatic heterocycles. The smallest absolute Gasteiger partial charge is 0.239 e. The molecule has 0 spiro atoms. The second kappa shape index (κ2) is 7.96. The molecule has 116 valence electrons. The number of nitrogens with one attached hydrogen (secondary N) is 1. The predicted octanol–water partition coefficient (Wildman–Crippen LogP) is 0.555. The van der Waals surface area contributed by atoms with Crippen molar-refractivity contribution in [3.63, 3.8) is 0 Å². The Hall–Kier alpha value is -0.650. The summed E-state index contributed by atoms with van der Waals surface area (Å²) in [5.74, 6) is 0.942. The van der Waals surface area contributed by atoms with Crippen LogP contribution in [0.4, 0.5) is 0 Å². The summed E-state index contributed by atoms with van der Waals surface area (Å²) in [6.45, 7) is 11.6. The summed E-state index contributed by atoms with van der Waals surface area (Å²) in [7, 11) is 0. The number of hydrogen-bond acceptors (Lipinski definition) is 4. The molecule has 0 aromatic rings. The first-order valence-electron chi connectivity index (χ1n) is 8.03. The van der Waals surface area contributed by atoms with E-state index >= 15 is 0 Å². The summed E-state index contributed by atoms with van der Waals surface area (Å²) in [4.78, 5) is 16.7. The van der Waals surface area contributed by atoms with E-state index < -0.39 is 0 Å². The lowest BCUT2D eigenvalue weighted by Crippen LogP contribution is -2.50. The molecule has 5 heteroatoms. The van der Waals surface area contributed by atoms with Gasteiger partial charge in [0.1, 0.15) is 0 Å². The zero-order chi connectivity index (χ0) is 14.4. The first-order valence-corrected chi connectivity index (χ1v) is 8.03. The number of amides is 1. The molecule has 0 bridgehead atoms. The Kier molecular flexibility index (Phi) is 6.26. The Bertz CT molecular complexity index is 297. The molecule has 2 fully saturated rings. The van der Waals surface area contributed by atoms with Gasteiger partial charge in [0.15, 0.2) is 0 Å². The van der Waals surface area contributed by atoms with Crippen molar-refractivity contribution < 1.29 is 9.53 Å². The highest BCUT2D eigenvalue weighted by Gasteiger charge is 2.24. The Labute approximate surface area is 122 Å². The van der Waals surface area contributed by atoms with Gasteiger partial charge in [-0.1, -0.05) is 6.92 Å². The maximum atomic E-state index is 12.3. The van der Waals surface area contributed by atoms with Crippen molar-refractivity contribution in [2.75, 3.05) is 52.5 Å². The number of carbonyl (C=O) groups excluding carboxylic acids is 1. The third-order valence-corrected chi connectivity index (χ3v) is 4.56. The quantitative estimate of drug-likeness (QED) is 0.800. The van der Waals surface area contributed by atoms with Gasteiger partial charge < -0.3 is 19.9 Å². The highest BCUT2D eigenvalue weighted by atomic mass is 16.5. The first-order chi connectivity index (χ1) is 9.70. The fraction of sp³-hybridized carbons (Fsp3) is 0.933. The van der Waals surface area contributed by atoms with E-state index in [1.54, 1.807) is 0 Å². The molecule has 2 aliphatic rings. The van der Waals surface area contributed by atoms with Gasteiger partial charge in [-0.15, -0.1) is 0 Å². The highest BCUT2D eigenvalue weighted by Crippen LogP contribution is 2.16. The summed E-state index contributed by atoms with van der Waals surface area (Å²) >= 11 is 0. The van der Waals surface area contributed by atoms with Crippen molar-refractivity contribution in [1.82, 2.24) is 15.1 Å². The second-order valence-corrected chi connectivity index (χ2v) is 5.95. The van der Waals surface area contributed by atoms with Crippen molar-refractivity contribution in [3.8, 4) is 0 Å². The van der Waals surface area contributed by atoms with E-state index in [0.717, 1.165) is 32.1 Å². The van der Waals surface area contributed by atoms with Crippen molar-refractivity contribution in [2.45, 2.75) is 32.7 Å². The van der Waals surface area contributed by atoms with Gasteiger partial charge in [0.2, 0.25) is 5.91 Å². The van der Waals surface area contributed by atoms with E-state index in [1.165, 1.54) is 25.9 Å². The molecule has 0 aromatic carbocycles. The van der Waals surface area contributed by atoms with Gasteiger partial charge in [0, 0.05) is 13.1 Å². The Morgan fingerprint density at radius 2 is 1.90 bits per heavy atom. The molecule has 20 heavy (non-hydrogen) atoms. The van der Waals surface area contributed by atoms with Crippen LogP contribution >= 0.6 is 0 Å². The van der Waals surface area contributed by atoms with Crippen LogP contribution in [0.15, 0.2) is 0 Å². The van der Waals surface area contributed by atoms with Gasteiger partial charge in [-0.3, -0.25) is 4.79 Å². The van der Waals surface area contributed by atoms with Crippen LogP contribution in [-0.2, 0) is 9.53 Å². The standard InChI is InChI=1S/C15H29N3O2/c1-3-17-6-4-14(5-7-17)12-16-13(2)15(19)18-8-10-20-11-9-18/h13-14,16H,3-12H2,1-2H3. The number of piperidine rings is 1. The first kappa shape index (κ1) is 15.7. The van der Waals surface area contributed by atoms with Crippen LogP contribution in [-0.4, -0.2) is 74.2 Å². The van der Waals surface area contributed by atoms with E-state index in [0.29, 0.717) is 13.2 Å². The number of ether oxygens (including phenoxy) is 1. The fourth-order valence-corrected chi connectivity index (χ4v) is 3.00. The third-order valence-electron chi connectivity index (χ3n) is 4.56. The van der Waals surface area contributed by atoms with Crippen LogP contribution in [0.25, 0.3) is 0 Å². The van der Waals surface area contributed by atoms with E-state index in [9.17, 15) is 4.79 Å². The Balaban J connectivity index is 1.66. The molecule has 1 N–H and O–H groups in total. The van der Waals surface area contributed by atoms with Gasteiger partial charge in [0.05, 0.1) is 19.3 Å². The largest absolute Gasteiger partial charge is 0.378 e. The molecule has 0 aliphatic carbocycles. The number of rotatable bonds is 5. The van der Waals surface area contributed by atoms with E-state index in [4.69, 9.17) is 4.74 Å². The summed E-state index contributed by atoms with van der Waals surface area (Å²) in [6, 6.07) is -0.0719. The molecule has 2 heterocycles. The number of carbonyl (C=O) groups is 1. The van der Waals surface area contributed by atoms with E-state index in [1.807, 2.05) is 11.8 Å². The molecule has 0 saturated carbocycles. The van der Waals surface area contributed by atoms with Crippen molar-refractivity contribution >= 4 is 5.91 Å². The number of hydrogen-bond donors (Lipinski definition) is 1. The lowest BCUT2D eigenvalue weighted by molar-refractivity contribution is -0.137. The molecule has 5 nitrogen and oxygen atoms in total. The fourth-order valence-electron chi connectivity index (χ4n) is 3.00. The normalized spacial score (nSPS) is 23.8. The molecule has 0 radical (unpaired) electrons. The van der Waals surface area contributed by atoms with Gasteiger partial charge >= 0.3 is 0 Å². The van der Waals surface area contributed by atoms with Crippen LogP contribution in [0.3, 0.4) is 0 Å². The molecular formula is C15H29N3O2. The summed E-state index contributed by atoms with van der Waals surface area (Å²) in [5.41, 5.74) is 0. The molecule has 1 atom stereocenters. The van der Waals surface area contributed by atoms with Crippen molar-refractivity contribution in [3.05, 3.63) is 0 Å². The van der Waals surface area contributed by atoms with Gasteiger partial charge in [-0.25, -0.2) is 0 Å². The lowest BCUT2D eigenvalue weighted by Gasteiger charge is -2.33. The maximum absolute atomic E-state index is 12.3. The minimum Gasteiger partial charge on any atom is -0.378 e. The van der Waals surface area contributed by atoms with Crippen LogP contribution in [0.5, 0.6) is 0 Å². The van der Waals surface area contributed by atoms with Crippen molar-refractivity contribution in [2.24, 2.45) is 5.92 Å². The van der Waals surface area contributed by atoms with Crippen LogP contribution in [0.2, 0.25) is 0 Å². The summed E-state index contributed by atoms with van der Waals surface area (Å²) < 4.78 is 5.29.